The summed E-state index contributed by atoms with van der Waals surface area (Å²) in [6.07, 6.45) is 6.51. The molecule has 0 spiro atoms. The van der Waals surface area contributed by atoms with Crippen molar-refractivity contribution in [1.29, 1.82) is 0 Å². The van der Waals surface area contributed by atoms with Crippen molar-refractivity contribution in [2.24, 2.45) is 0 Å². The highest BCUT2D eigenvalue weighted by molar-refractivity contribution is 6.23. The Kier molecular flexibility index (Phi) is 3.85. The van der Waals surface area contributed by atoms with Crippen LogP contribution in [0.5, 0.6) is 5.88 Å². The van der Waals surface area contributed by atoms with Crippen molar-refractivity contribution < 1.29 is 14.6 Å². The van der Waals surface area contributed by atoms with Crippen LogP contribution < -0.4 is 0 Å². The first-order valence-electron chi connectivity index (χ1n) is 10.0. The number of rotatable bonds is 2. The number of nitrogens with zero attached hydrogens (tertiary/aromatic N) is 4. The number of hydrogen-bond donors (Lipinski definition) is 1. The molecule has 154 valence electrons. The van der Waals surface area contributed by atoms with Gasteiger partial charge in [0, 0.05) is 16.3 Å². The van der Waals surface area contributed by atoms with Crippen LogP contribution in [0.4, 0.5) is 0 Å². The summed E-state index contributed by atoms with van der Waals surface area (Å²) in [6.45, 7) is 0. The maximum absolute atomic E-state index is 12.6. The minimum Gasteiger partial charge on any atom is -0.493 e. The number of carbonyl (C=O) groups excluding carboxylic acids is 1. The van der Waals surface area contributed by atoms with Crippen LogP contribution in [-0.2, 0) is 9.53 Å². The van der Waals surface area contributed by atoms with Crippen LogP contribution in [-0.4, -0.2) is 37.6 Å². The van der Waals surface area contributed by atoms with Gasteiger partial charge in [0.05, 0.1) is 7.11 Å². The molecule has 1 aliphatic carbocycles. The molecule has 2 aromatic heterocycles. The van der Waals surface area contributed by atoms with E-state index >= 15 is 0 Å². The fraction of sp³-hybridized carbons (Fsp3) is 0.0400. The standard InChI is InChI=1S/C25H16N4O3/c1-32-20-12-6-7-14(23(20)30)13-19-24(31)27-25-26-21-17-10-4-2-8-15(17)16-9-3-5-11-18(16)22(21)28-29(19)25/h2-13,31H,1H3/b14-13+. The van der Waals surface area contributed by atoms with Crippen molar-refractivity contribution in [3.8, 4) is 5.88 Å². The van der Waals surface area contributed by atoms with E-state index in [0.717, 1.165) is 21.5 Å². The topological polar surface area (TPSA) is 89.6 Å². The number of carbonyl (C=O) groups is 1. The van der Waals surface area contributed by atoms with Crippen molar-refractivity contribution in [3.05, 3.63) is 83.8 Å². The fourth-order valence-electron chi connectivity index (χ4n) is 4.17. The van der Waals surface area contributed by atoms with Crippen molar-refractivity contribution >= 4 is 50.2 Å². The molecule has 1 aliphatic rings. The third-order valence-electron chi connectivity index (χ3n) is 5.66. The van der Waals surface area contributed by atoms with Crippen molar-refractivity contribution in [1.82, 2.24) is 19.6 Å². The van der Waals surface area contributed by atoms with E-state index < -0.39 is 0 Å². The second-order valence-electron chi connectivity index (χ2n) is 7.46. The van der Waals surface area contributed by atoms with E-state index in [1.807, 2.05) is 36.4 Å². The highest BCUT2D eigenvalue weighted by Crippen LogP contribution is 2.34. The molecule has 5 aromatic rings. The summed E-state index contributed by atoms with van der Waals surface area (Å²) >= 11 is 0. The van der Waals surface area contributed by atoms with Crippen molar-refractivity contribution in [3.63, 3.8) is 0 Å². The average Bonchev–Trinajstić information content (AvgIpc) is 3.13. The molecule has 0 atom stereocenters. The van der Waals surface area contributed by atoms with Gasteiger partial charge in [0.1, 0.15) is 16.7 Å². The van der Waals surface area contributed by atoms with Crippen LogP contribution in [0.3, 0.4) is 0 Å². The Balaban J connectivity index is 1.69. The zero-order valence-corrected chi connectivity index (χ0v) is 17.0. The van der Waals surface area contributed by atoms with E-state index in [1.54, 1.807) is 24.3 Å². The lowest BCUT2D eigenvalue weighted by atomic mass is 10.00. The van der Waals surface area contributed by atoms with Gasteiger partial charge in [0.25, 0.3) is 5.78 Å². The first-order valence-corrected chi connectivity index (χ1v) is 10.0. The number of fused-ring (bicyclic) bond motifs is 7. The summed E-state index contributed by atoms with van der Waals surface area (Å²) in [5.74, 6) is -0.0660. The lowest BCUT2D eigenvalue weighted by Crippen LogP contribution is -2.09. The van der Waals surface area contributed by atoms with Crippen molar-refractivity contribution in [2.75, 3.05) is 7.11 Å². The molecule has 2 heterocycles. The number of benzene rings is 3. The van der Waals surface area contributed by atoms with E-state index in [4.69, 9.17) is 14.8 Å². The number of aromatic nitrogens is 4. The van der Waals surface area contributed by atoms with E-state index in [-0.39, 0.29) is 28.9 Å². The number of methoxy groups -OCH3 is 1. The van der Waals surface area contributed by atoms with Gasteiger partial charge in [-0.1, -0.05) is 60.7 Å². The number of ether oxygens (including phenoxy) is 1. The van der Waals surface area contributed by atoms with E-state index in [0.29, 0.717) is 16.6 Å². The monoisotopic (exact) mass is 420 g/mol. The summed E-state index contributed by atoms with van der Waals surface area (Å²) < 4.78 is 6.59. The zero-order chi connectivity index (χ0) is 21.8. The largest absolute Gasteiger partial charge is 0.493 e. The molecule has 0 aliphatic heterocycles. The molecule has 0 saturated heterocycles. The molecule has 1 N–H and O–H groups in total. The highest BCUT2D eigenvalue weighted by atomic mass is 16.5. The Morgan fingerprint density at radius 3 is 2.28 bits per heavy atom. The third kappa shape index (κ3) is 2.54. The molecule has 3 aromatic carbocycles. The molecule has 0 unspecified atom stereocenters. The molecule has 7 heteroatoms. The molecule has 0 radical (unpaired) electrons. The molecule has 32 heavy (non-hydrogen) atoms. The van der Waals surface area contributed by atoms with Crippen LogP contribution in [0.25, 0.3) is 44.4 Å². The van der Waals surface area contributed by atoms with Crippen LogP contribution in [0, 0.1) is 0 Å². The second-order valence-corrected chi connectivity index (χ2v) is 7.46. The number of ketones is 1. The van der Waals surface area contributed by atoms with Gasteiger partial charge in [-0.15, -0.1) is 0 Å². The maximum atomic E-state index is 12.6. The van der Waals surface area contributed by atoms with Gasteiger partial charge in [-0.25, -0.2) is 4.98 Å². The third-order valence-corrected chi connectivity index (χ3v) is 5.66. The number of aromatic hydroxyl groups is 1. The second kappa shape index (κ2) is 6.75. The maximum Gasteiger partial charge on any atom is 0.255 e. The number of Topliss-reactive ketones (excluding diaryl/α,β-unsaturated/α-hetero) is 1. The normalized spacial score (nSPS) is 15.3. The minimum atomic E-state index is -0.283. The van der Waals surface area contributed by atoms with Crippen LogP contribution in [0.1, 0.15) is 5.69 Å². The molecule has 0 bridgehead atoms. The molecular formula is C25H16N4O3. The summed E-state index contributed by atoms with van der Waals surface area (Å²) in [7, 11) is 1.44. The summed E-state index contributed by atoms with van der Waals surface area (Å²) in [4.78, 5) is 21.5. The van der Waals surface area contributed by atoms with Crippen molar-refractivity contribution in [2.45, 2.75) is 0 Å². The van der Waals surface area contributed by atoms with E-state index in [2.05, 4.69) is 17.1 Å². The van der Waals surface area contributed by atoms with Gasteiger partial charge in [0.2, 0.25) is 11.7 Å². The quantitative estimate of drug-likeness (QED) is 0.338. The molecule has 0 fully saturated rings. The number of allylic oxidation sites excluding steroid dienone is 4. The Bertz CT molecular complexity index is 1690. The Hall–Kier alpha value is -4.52. The minimum absolute atomic E-state index is 0.223. The zero-order valence-electron chi connectivity index (χ0n) is 17.0. The molecule has 0 saturated carbocycles. The van der Waals surface area contributed by atoms with E-state index in [9.17, 15) is 9.90 Å². The summed E-state index contributed by atoms with van der Waals surface area (Å²) in [5.41, 5.74) is 2.02. The predicted molar refractivity (Wildman–Crippen MR) is 122 cm³/mol. The molecule has 0 amide bonds. The van der Waals surface area contributed by atoms with Gasteiger partial charge in [0.15, 0.2) is 5.76 Å². The molecule has 6 rings (SSSR count). The van der Waals surface area contributed by atoms with Gasteiger partial charge >= 0.3 is 0 Å². The Morgan fingerprint density at radius 1 is 0.938 bits per heavy atom. The first kappa shape index (κ1) is 18.3. The van der Waals surface area contributed by atoms with Gasteiger partial charge in [-0.3, -0.25) is 4.79 Å². The van der Waals surface area contributed by atoms with E-state index in [1.165, 1.54) is 11.6 Å². The van der Waals surface area contributed by atoms with Crippen LogP contribution in [0.15, 0.2) is 78.1 Å². The Morgan fingerprint density at radius 2 is 1.59 bits per heavy atom. The van der Waals surface area contributed by atoms with Crippen LogP contribution >= 0.6 is 0 Å². The molecule has 7 nitrogen and oxygen atoms in total. The Labute approximate surface area is 181 Å². The SMILES string of the molecule is COC1=CC=C/C(=C\c2c(O)nc3nc4c5ccccc5c5ccccc5c4nn23)C1=O. The van der Waals surface area contributed by atoms with Crippen LogP contribution in [0.2, 0.25) is 0 Å². The van der Waals surface area contributed by atoms with Gasteiger partial charge < -0.3 is 9.84 Å². The highest BCUT2D eigenvalue weighted by Gasteiger charge is 2.21. The lowest BCUT2D eigenvalue weighted by Gasteiger charge is -2.10. The smallest absolute Gasteiger partial charge is 0.255 e. The number of imidazole rings is 1. The average molecular weight is 420 g/mol. The lowest BCUT2D eigenvalue weighted by molar-refractivity contribution is -0.114. The summed E-state index contributed by atoms with van der Waals surface area (Å²) in [6, 6.07) is 16.0. The number of hydrogen-bond acceptors (Lipinski definition) is 6. The summed E-state index contributed by atoms with van der Waals surface area (Å²) in [5, 5.41) is 19.4. The molecular weight excluding hydrogens is 404 g/mol. The predicted octanol–water partition coefficient (Wildman–Crippen LogP) is 4.34. The fourth-order valence-corrected chi connectivity index (χ4v) is 4.17. The van der Waals surface area contributed by atoms with Gasteiger partial charge in [-0.05, 0) is 22.9 Å². The first-order chi connectivity index (χ1) is 15.7. The van der Waals surface area contributed by atoms with Gasteiger partial charge in [-0.2, -0.15) is 14.6 Å².